The number of hydrogen-bond donors (Lipinski definition) is 3. The lowest BCUT2D eigenvalue weighted by Crippen LogP contribution is -2.45. The highest BCUT2D eigenvalue weighted by molar-refractivity contribution is 5.76. The van der Waals surface area contributed by atoms with Crippen LogP contribution in [0.15, 0.2) is 60.8 Å². The molecule has 0 aliphatic carbocycles. The summed E-state index contributed by atoms with van der Waals surface area (Å²) >= 11 is 0. The smallest absolute Gasteiger partial charge is 0.305 e. The summed E-state index contributed by atoms with van der Waals surface area (Å²) in [7, 11) is 0. The molecule has 2 atom stereocenters. The number of hydrogen-bond acceptors (Lipinski definition) is 5. The molecule has 0 aliphatic heterocycles. The van der Waals surface area contributed by atoms with E-state index in [1.807, 2.05) is 6.08 Å². The van der Waals surface area contributed by atoms with Gasteiger partial charge in [0.2, 0.25) is 5.91 Å². The largest absolute Gasteiger partial charge is 0.466 e. The highest BCUT2D eigenvalue weighted by atomic mass is 16.5. The summed E-state index contributed by atoms with van der Waals surface area (Å²) in [5, 5.41) is 23.0. The number of aliphatic hydroxyl groups excluding tert-OH is 2. The predicted molar refractivity (Wildman–Crippen MR) is 296 cm³/mol. The number of carbonyl (C=O) groups excluding carboxylic acids is 2. The summed E-state index contributed by atoms with van der Waals surface area (Å²) in [4.78, 5) is 24.5. The molecule has 0 rings (SSSR count). The van der Waals surface area contributed by atoms with Gasteiger partial charge in [0.15, 0.2) is 0 Å². The van der Waals surface area contributed by atoms with Crippen LogP contribution >= 0.6 is 0 Å². The second-order valence-corrected chi connectivity index (χ2v) is 20.0. The number of nitrogens with one attached hydrogen (secondary N) is 1. The van der Waals surface area contributed by atoms with Gasteiger partial charge in [0, 0.05) is 12.8 Å². The summed E-state index contributed by atoms with van der Waals surface area (Å²) in [5.74, 6) is -0.0832. The number of rotatable bonds is 54. The summed E-state index contributed by atoms with van der Waals surface area (Å²) in [6.07, 6.45) is 74.0. The van der Waals surface area contributed by atoms with Crippen molar-refractivity contribution in [1.29, 1.82) is 0 Å². The Morgan fingerprint density at radius 3 is 1.13 bits per heavy atom. The van der Waals surface area contributed by atoms with Crippen LogP contribution in [-0.4, -0.2) is 47.4 Å². The highest BCUT2D eigenvalue weighted by Crippen LogP contribution is 2.15. The zero-order chi connectivity index (χ0) is 49.3. The van der Waals surface area contributed by atoms with E-state index in [0.717, 1.165) is 70.6 Å². The monoisotopic (exact) mass is 952 g/mol. The van der Waals surface area contributed by atoms with Gasteiger partial charge in [-0.15, -0.1) is 0 Å². The Kier molecular flexibility index (Phi) is 55.1. The Labute approximate surface area is 422 Å². The molecule has 0 fully saturated rings. The van der Waals surface area contributed by atoms with Crippen LogP contribution in [0, 0.1) is 0 Å². The van der Waals surface area contributed by atoms with Crippen molar-refractivity contribution >= 4 is 11.9 Å². The van der Waals surface area contributed by atoms with Crippen LogP contribution in [0.3, 0.4) is 0 Å². The normalized spacial score (nSPS) is 13.1. The Bertz CT molecular complexity index is 1190. The maximum Gasteiger partial charge on any atom is 0.305 e. The van der Waals surface area contributed by atoms with Gasteiger partial charge in [0.05, 0.1) is 25.4 Å². The molecule has 68 heavy (non-hydrogen) atoms. The first-order valence-corrected chi connectivity index (χ1v) is 29.6. The molecule has 0 aromatic carbocycles. The van der Waals surface area contributed by atoms with E-state index in [1.54, 1.807) is 6.08 Å². The summed E-state index contributed by atoms with van der Waals surface area (Å²) in [5.41, 5.74) is 0. The summed E-state index contributed by atoms with van der Waals surface area (Å²) in [6, 6.07) is -0.635. The van der Waals surface area contributed by atoms with Crippen LogP contribution in [0.4, 0.5) is 0 Å². The lowest BCUT2D eigenvalue weighted by Gasteiger charge is -2.20. The van der Waals surface area contributed by atoms with Gasteiger partial charge in [-0.2, -0.15) is 0 Å². The van der Waals surface area contributed by atoms with Crippen molar-refractivity contribution in [1.82, 2.24) is 5.32 Å². The van der Waals surface area contributed by atoms with Crippen LogP contribution < -0.4 is 5.32 Å². The number of aliphatic hydroxyl groups is 2. The molecule has 0 radical (unpaired) electrons. The maximum absolute atomic E-state index is 12.4. The van der Waals surface area contributed by atoms with E-state index in [-0.39, 0.29) is 18.5 Å². The number of amides is 1. The minimum absolute atomic E-state index is 0.00172. The van der Waals surface area contributed by atoms with Gasteiger partial charge in [-0.25, -0.2) is 0 Å². The first kappa shape index (κ1) is 65.6. The Morgan fingerprint density at radius 1 is 0.412 bits per heavy atom. The average Bonchev–Trinajstić information content (AvgIpc) is 3.34. The van der Waals surface area contributed by atoms with Crippen LogP contribution in [0.25, 0.3) is 0 Å². The summed E-state index contributed by atoms with van der Waals surface area (Å²) in [6.45, 7) is 4.85. The van der Waals surface area contributed by atoms with Gasteiger partial charge in [0.1, 0.15) is 0 Å². The van der Waals surface area contributed by atoms with E-state index in [2.05, 4.69) is 67.8 Å². The molecule has 0 aromatic rings. The lowest BCUT2D eigenvalue weighted by molar-refractivity contribution is -0.143. The molecule has 3 N–H and O–H groups in total. The third-order valence-electron chi connectivity index (χ3n) is 13.3. The van der Waals surface area contributed by atoms with E-state index >= 15 is 0 Å². The molecule has 0 spiro atoms. The van der Waals surface area contributed by atoms with Crippen molar-refractivity contribution in [2.75, 3.05) is 13.2 Å². The van der Waals surface area contributed by atoms with E-state index in [9.17, 15) is 19.8 Å². The third-order valence-corrected chi connectivity index (χ3v) is 13.3. The van der Waals surface area contributed by atoms with Crippen LogP contribution in [0.2, 0.25) is 0 Å². The molecule has 6 heteroatoms. The molecule has 0 aliphatic rings. The molecule has 6 nitrogen and oxygen atoms in total. The zero-order valence-corrected chi connectivity index (χ0v) is 45.1. The number of carbonyl (C=O) groups is 2. The van der Waals surface area contributed by atoms with Gasteiger partial charge in [-0.1, -0.05) is 248 Å². The molecule has 0 bridgehead atoms. The van der Waals surface area contributed by atoms with Gasteiger partial charge >= 0.3 is 5.97 Å². The molecule has 1 amide bonds. The molecule has 0 saturated carbocycles. The first-order valence-electron chi connectivity index (χ1n) is 29.6. The molecular weight excluding hydrogens is 839 g/mol. The number of ether oxygens (including phenoxy) is 1. The van der Waals surface area contributed by atoms with Crippen molar-refractivity contribution in [3.63, 3.8) is 0 Å². The number of unbranched alkanes of at least 4 members (excludes halogenated alkanes) is 35. The number of esters is 1. The van der Waals surface area contributed by atoms with Gasteiger partial charge in [-0.3, -0.25) is 9.59 Å². The fraction of sp³-hybridized carbons (Fsp3) is 0.806. The Morgan fingerprint density at radius 2 is 0.735 bits per heavy atom. The Hall–Kier alpha value is -2.44. The summed E-state index contributed by atoms with van der Waals surface area (Å²) < 4.78 is 5.48. The third kappa shape index (κ3) is 52.9. The van der Waals surface area contributed by atoms with Crippen molar-refractivity contribution < 1.29 is 24.5 Å². The van der Waals surface area contributed by atoms with E-state index in [1.165, 1.54) is 199 Å². The van der Waals surface area contributed by atoms with Crippen molar-refractivity contribution in [3.05, 3.63) is 60.8 Å². The average molecular weight is 953 g/mol. The SMILES string of the molecule is CCCCCC/C=C\C/C=C\CCCCCCCCCC(=O)OCCCCCCCCCCC/C=C\C/C=C\CCCCCCCCCC(=O)NC(CO)C(O)/C=C/CCCCCCCCCC. The second kappa shape index (κ2) is 57.1. The molecule has 0 saturated heterocycles. The minimum Gasteiger partial charge on any atom is -0.466 e. The maximum atomic E-state index is 12.4. The minimum atomic E-state index is -0.850. The quantitative estimate of drug-likeness (QED) is 0.0321. The molecule has 2 unspecified atom stereocenters. The van der Waals surface area contributed by atoms with Crippen LogP contribution in [-0.2, 0) is 14.3 Å². The van der Waals surface area contributed by atoms with Crippen LogP contribution in [0.1, 0.15) is 296 Å². The van der Waals surface area contributed by atoms with Gasteiger partial charge in [0.25, 0.3) is 0 Å². The fourth-order valence-corrected chi connectivity index (χ4v) is 8.69. The van der Waals surface area contributed by atoms with Crippen LogP contribution in [0.5, 0.6) is 0 Å². The van der Waals surface area contributed by atoms with Gasteiger partial charge in [-0.05, 0) is 96.3 Å². The molecule has 396 valence electrons. The molecular formula is C62H113NO5. The standard InChI is InChI=1S/C62H113NO5/c1-3-5-7-9-11-13-15-16-17-18-27-30-33-36-40-44-48-52-56-62(67)68-57-53-49-45-41-37-34-31-28-25-23-21-19-20-22-24-26-29-32-35-39-43-47-51-55-61(66)63-59(58-64)60(65)54-50-46-42-38-14-12-10-8-6-4-2/h13,15,17-19,21-22,24,50,54,59-60,64-65H,3-12,14,16,20,23,25-49,51-53,55-58H2,1-2H3,(H,63,66)/b15-13-,18-17-,21-19-,24-22-,54-50+. The van der Waals surface area contributed by atoms with Crippen molar-refractivity contribution in [3.8, 4) is 0 Å². The van der Waals surface area contributed by atoms with Crippen molar-refractivity contribution in [2.24, 2.45) is 0 Å². The predicted octanol–water partition coefficient (Wildman–Crippen LogP) is 18.4. The first-order chi connectivity index (χ1) is 33.5. The highest BCUT2D eigenvalue weighted by Gasteiger charge is 2.18. The lowest BCUT2D eigenvalue weighted by atomic mass is 10.1. The van der Waals surface area contributed by atoms with E-state index < -0.39 is 12.1 Å². The molecule has 0 heterocycles. The van der Waals surface area contributed by atoms with Crippen molar-refractivity contribution in [2.45, 2.75) is 309 Å². The van der Waals surface area contributed by atoms with Gasteiger partial charge < -0.3 is 20.3 Å². The number of allylic oxidation sites excluding steroid dienone is 9. The second-order valence-electron chi connectivity index (χ2n) is 20.0. The van der Waals surface area contributed by atoms with E-state index in [0.29, 0.717) is 19.4 Å². The Balaban J connectivity index is 3.45. The molecule has 0 aromatic heterocycles. The topological polar surface area (TPSA) is 95.9 Å². The zero-order valence-electron chi connectivity index (χ0n) is 45.1. The fourth-order valence-electron chi connectivity index (χ4n) is 8.69. The van der Waals surface area contributed by atoms with E-state index in [4.69, 9.17) is 4.74 Å².